The predicted molar refractivity (Wildman–Crippen MR) is 106 cm³/mol. The number of halogens is 1. The lowest BCUT2D eigenvalue weighted by Crippen LogP contribution is -2.37. The number of aromatic nitrogens is 3. The maximum absolute atomic E-state index is 11.5. The molecule has 1 aliphatic heterocycles. The molecule has 9 heteroatoms. The second kappa shape index (κ2) is 8.99. The number of nitrogens with zero attached hydrogens (tertiary/aromatic N) is 4. The highest BCUT2D eigenvalue weighted by atomic mass is 35.5. The van der Waals surface area contributed by atoms with Crippen molar-refractivity contribution in [2.75, 3.05) is 38.3 Å². The van der Waals surface area contributed by atoms with Crippen LogP contribution in [0.5, 0.6) is 0 Å². The zero-order valence-electron chi connectivity index (χ0n) is 15.9. The number of esters is 1. The van der Waals surface area contributed by atoms with Crippen molar-refractivity contribution in [2.45, 2.75) is 13.8 Å². The van der Waals surface area contributed by atoms with Gasteiger partial charge in [-0.1, -0.05) is 13.8 Å². The van der Waals surface area contributed by atoms with Crippen molar-refractivity contribution >= 4 is 34.4 Å². The number of pyridine rings is 1. The number of carbonyl (C=O) groups is 1. The summed E-state index contributed by atoms with van der Waals surface area (Å²) in [7, 11) is 1.30. The predicted octanol–water partition coefficient (Wildman–Crippen LogP) is 3.59. The molecule has 4 rings (SSSR count). The van der Waals surface area contributed by atoms with Crippen LogP contribution in [-0.2, 0) is 9.47 Å². The maximum Gasteiger partial charge on any atom is 0.373 e. The molecule has 0 spiro atoms. The minimum atomic E-state index is -0.537. The van der Waals surface area contributed by atoms with Crippen molar-refractivity contribution in [1.82, 2.24) is 15.0 Å². The molecule has 1 fully saturated rings. The highest BCUT2D eigenvalue weighted by Gasteiger charge is 2.19. The second-order valence-corrected chi connectivity index (χ2v) is 6.00. The van der Waals surface area contributed by atoms with Crippen molar-refractivity contribution in [1.29, 1.82) is 0 Å². The summed E-state index contributed by atoms with van der Waals surface area (Å²) in [6.45, 7) is 6.69. The summed E-state index contributed by atoms with van der Waals surface area (Å²) >= 11 is 6.11. The van der Waals surface area contributed by atoms with Gasteiger partial charge in [-0.05, 0) is 29.8 Å². The lowest BCUT2D eigenvalue weighted by atomic mass is 10.2. The van der Waals surface area contributed by atoms with E-state index in [2.05, 4.69) is 24.6 Å². The van der Waals surface area contributed by atoms with Gasteiger partial charge in [-0.25, -0.2) is 14.8 Å². The van der Waals surface area contributed by atoms with Gasteiger partial charge >= 0.3 is 5.97 Å². The summed E-state index contributed by atoms with van der Waals surface area (Å²) in [6, 6.07) is 5.04. The Morgan fingerprint density at radius 3 is 2.68 bits per heavy atom. The number of fused-ring (bicyclic) bond motifs is 1. The molecule has 0 amide bonds. The molecule has 0 aliphatic carbocycles. The van der Waals surface area contributed by atoms with E-state index in [1.54, 1.807) is 24.4 Å². The fourth-order valence-corrected chi connectivity index (χ4v) is 2.98. The molecule has 3 aromatic rings. The Balaban J connectivity index is 0.00000109. The fraction of sp³-hybridized carbons (Fsp3) is 0.368. The van der Waals surface area contributed by atoms with E-state index in [4.69, 9.17) is 20.8 Å². The third-order valence-corrected chi connectivity index (χ3v) is 4.25. The van der Waals surface area contributed by atoms with Crippen LogP contribution in [-0.4, -0.2) is 54.3 Å². The van der Waals surface area contributed by atoms with Gasteiger partial charge in [0.05, 0.1) is 25.8 Å². The monoisotopic (exact) mass is 404 g/mol. The Bertz CT molecular complexity index is 970. The summed E-state index contributed by atoms with van der Waals surface area (Å²) < 4.78 is 15.6. The standard InChI is InChI=1S/C17H15ClN4O4.C2H6/c1-24-16(23)13-3-2-12(26-13)10-8-11-14(19-9-10)15(21-17(18)20-11)22-4-6-25-7-5-22;1-2/h2-3,8-9H,4-7H2,1H3;1-2H3. The molecule has 1 saturated heterocycles. The number of methoxy groups -OCH3 is 1. The molecule has 1 aliphatic rings. The third-order valence-electron chi connectivity index (χ3n) is 4.08. The molecule has 4 heterocycles. The Hall–Kier alpha value is -2.71. The Kier molecular flexibility index (Phi) is 6.43. The summed E-state index contributed by atoms with van der Waals surface area (Å²) in [5, 5.41) is 0.146. The van der Waals surface area contributed by atoms with Crippen LogP contribution in [0.4, 0.5) is 5.82 Å². The van der Waals surface area contributed by atoms with Crippen LogP contribution < -0.4 is 4.90 Å². The average Bonchev–Trinajstić information content (AvgIpc) is 3.24. The quantitative estimate of drug-likeness (QED) is 0.483. The van der Waals surface area contributed by atoms with Gasteiger partial charge in [0, 0.05) is 24.8 Å². The second-order valence-electron chi connectivity index (χ2n) is 5.66. The molecule has 0 radical (unpaired) electrons. The molecule has 0 saturated carbocycles. The fourth-order valence-electron chi connectivity index (χ4n) is 2.81. The first-order valence-electron chi connectivity index (χ1n) is 9.00. The van der Waals surface area contributed by atoms with Crippen LogP contribution in [0.2, 0.25) is 5.28 Å². The molecule has 148 valence electrons. The minimum Gasteiger partial charge on any atom is -0.463 e. The van der Waals surface area contributed by atoms with Gasteiger partial charge in [0.15, 0.2) is 5.82 Å². The van der Waals surface area contributed by atoms with Gasteiger partial charge in [-0.3, -0.25) is 0 Å². The van der Waals surface area contributed by atoms with Gasteiger partial charge in [0.2, 0.25) is 11.0 Å². The van der Waals surface area contributed by atoms with Crippen molar-refractivity contribution in [3.8, 4) is 11.3 Å². The Labute approximate surface area is 167 Å². The topological polar surface area (TPSA) is 90.6 Å². The van der Waals surface area contributed by atoms with Crippen LogP contribution in [0.3, 0.4) is 0 Å². The Morgan fingerprint density at radius 2 is 1.96 bits per heavy atom. The van der Waals surface area contributed by atoms with Gasteiger partial charge in [-0.15, -0.1) is 0 Å². The summed E-state index contributed by atoms with van der Waals surface area (Å²) in [4.78, 5) is 26.8. The Morgan fingerprint density at radius 1 is 1.21 bits per heavy atom. The van der Waals surface area contributed by atoms with Crippen LogP contribution in [0, 0.1) is 0 Å². The number of hydrogen-bond donors (Lipinski definition) is 0. The minimum absolute atomic E-state index is 0.123. The van der Waals surface area contributed by atoms with E-state index >= 15 is 0 Å². The molecule has 28 heavy (non-hydrogen) atoms. The number of morpholine rings is 1. The number of hydrogen-bond acceptors (Lipinski definition) is 8. The molecular weight excluding hydrogens is 384 g/mol. The number of anilines is 1. The molecule has 3 aromatic heterocycles. The number of furan rings is 1. The van der Waals surface area contributed by atoms with Gasteiger partial charge in [0.1, 0.15) is 11.3 Å². The molecule has 0 unspecified atom stereocenters. The molecule has 0 aromatic carbocycles. The van der Waals surface area contributed by atoms with E-state index in [1.807, 2.05) is 13.8 Å². The van der Waals surface area contributed by atoms with E-state index in [0.717, 1.165) is 0 Å². The van der Waals surface area contributed by atoms with E-state index in [-0.39, 0.29) is 11.0 Å². The summed E-state index contributed by atoms with van der Waals surface area (Å²) in [5.74, 6) is 0.759. The van der Waals surface area contributed by atoms with Crippen molar-refractivity contribution < 1.29 is 18.7 Å². The van der Waals surface area contributed by atoms with E-state index in [0.29, 0.717) is 54.5 Å². The van der Waals surface area contributed by atoms with Gasteiger partial charge in [0.25, 0.3) is 0 Å². The molecular formula is C19H21ClN4O4. The van der Waals surface area contributed by atoms with Crippen molar-refractivity contribution in [2.24, 2.45) is 0 Å². The number of carbonyl (C=O) groups excluding carboxylic acids is 1. The highest BCUT2D eigenvalue weighted by Crippen LogP contribution is 2.29. The lowest BCUT2D eigenvalue weighted by molar-refractivity contribution is 0.0566. The average molecular weight is 405 g/mol. The third kappa shape index (κ3) is 4.07. The summed E-state index contributed by atoms with van der Waals surface area (Å²) in [5.41, 5.74) is 1.93. The van der Waals surface area contributed by atoms with Crippen LogP contribution in [0.1, 0.15) is 24.4 Å². The lowest BCUT2D eigenvalue weighted by Gasteiger charge is -2.28. The largest absolute Gasteiger partial charge is 0.463 e. The van der Waals surface area contributed by atoms with E-state index in [1.165, 1.54) is 7.11 Å². The van der Waals surface area contributed by atoms with Crippen LogP contribution in [0.15, 0.2) is 28.8 Å². The van der Waals surface area contributed by atoms with Crippen LogP contribution >= 0.6 is 11.6 Å². The molecule has 8 nitrogen and oxygen atoms in total. The maximum atomic E-state index is 11.5. The smallest absolute Gasteiger partial charge is 0.373 e. The summed E-state index contributed by atoms with van der Waals surface area (Å²) in [6.07, 6.45) is 1.66. The molecule has 0 N–H and O–H groups in total. The normalized spacial score (nSPS) is 13.8. The molecule has 0 atom stereocenters. The number of rotatable bonds is 3. The van der Waals surface area contributed by atoms with E-state index < -0.39 is 5.97 Å². The van der Waals surface area contributed by atoms with E-state index in [9.17, 15) is 4.79 Å². The zero-order chi connectivity index (χ0) is 20.1. The zero-order valence-corrected chi connectivity index (χ0v) is 16.7. The first-order chi connectivity index (χ1) is 13.7. The van der Waals surface area contributed by atoms with Crippen molar-refractivity contribution in [3.63, 3.8) is 0 Å². The van der Waals surface area contributed by atoms with Crippen LogP contribution in [0.25, 0.3) is 22.4 Å². The highest BCUT2D eigenvalue weighted by molar-refractivity contribution is 6.28. The first kappa shape index (κ1) is 20.0. The first-order valence-corrected chi connectivity index (χ1v) is 9.38. The van der Waals surface area contributed by atoms with Gasteiger partial charge in [-0.2, -0.15) is 4.98 Å². The SMILES string of the molecule is CC.COC(=O)c1ccc(-c2cnc3c(N4CCOCC4)nc(Cl)nc3c2)o1. The molecule has 0 bridgehead atoms. The number of ether oxygens (including phenoxy) is 2. The van der Waals surface area contributed by atoms with Gasteiger partial charge < -0.3 is 18.8 Å². The van der Waals surface area contributed by atoms with Crippen molar-refractivity contribution in [3.05, 3.63) is 35.4 Å².